The minimum absolute atomic E-state index is 0.0903. The zero-order chi connectivity index (χ0) is 12.3. The Bertz CT molecular complexity index is 251. The molecule has 0 aromatic heterocycles. The minimum atomic E-state index is -1.60. The van der Waals surface area contributed by atoms with Gasteiger partial charge in [0.05, 0.1) is 6.10 Å². The number of hydrogen-bond acceptors (Lipinski definition) is 6. The van der Waals surface area contributed by atoms with Crippen molar-refractivity contribution in [2.24, 2.45) is 0 Å². The van der Waals surface area contributed by atoms with Crippen LogP contribution in [0.5, 0.6) is 0 Å². The first-order chi connectivity index (χ1) is 7.40. The van der Waals surface area contributed by atoms with Crippen molar-refractivity contribution in [1.29, 1.82) is 0 Å². The number of aliphatic hydroxyl groups is 2. The van der Waals surface area contributed by atoms with Gasteiger partial charge in [0.15, 0.2) is 0 Å². The molecule has 0 radical (unpaired) electrons. The Balaban J connectivity index is 2.65. The highest BCUT2D eigenvalue weighted by molar-refractivity contribution is 5.58. The lowest BCUT2D eigenvalue weighted by Crippen LogP contribution is -2.49. The molecule has 0 spiro atoms. The van der Waals surface area contributed by atoms with Gasteiger partial charge in [-0.2, -0.15) is 0 Å². The summed E-state index contributed by atoms with van der Waals surface area (Å²) in [5.74, 6) is 0. The molecule has 8 heteroatoms. The fourth-order valence-electron chi connectivity index (χ4n) is 1.65. The van der Waals surface area contributed by atoms with Gasteiger partial charge < -0.3 is 29.9 Å². The van der Waals surface area contributed by atoms with Gasteiger partial charge in [-0.25, -0.2) is 9.59 Å². The highest BCUT2D eigenvalue weighted by Gasteiger charge is 2.40. The van der Waals surface area contributed by atoms with Crippen molar-refractivity contribution in [3.8, 4) is 0 Å². The van der Waals surface area contributed by atoms with Crippen LogP contribution in [0.2, 0.25) is 0 Å². The number of aliphatic hydroxyl groups excluding tert-OH is 2. The summed E-state index contributed by atoms with van der Waals surface area (Å²) in [6, 6.07) is 0. The van der Waals surface area contributed by atoms with Crippen molar-refractivity contribution in [3.05, 3.63) is 0 Å². The van der Waals surface area contributed by atoms with E-state index in [0.717, 1.165) is 0 Å². The molecule has 1 fully saturated rings. The smallest absolute Gasteiger partial charge is 0.450 e. The summed E-state index contributed by atoms with van der Waals surface area (Å²) >= 11 is 0. The quantitative estimate of drug-likeness (QED) is 0.477. The monoisotopic (exact) mass is 236 g/mol. The van der Waals surface area contributed by atoms with Gasteiger partial charge in [0, 0.05) is 12.8 Å². The Hall–Kier alpha value is -1.54. The SMILES string of the molecule is O=C(O)OC1CC(O)CC(OC(=O)O)C1O. The molecule has 16 heavy (non-hydrogen) atoms. The molecule has 0 heterocycles. The van der Waals surface area contributed by atoms with Crippen LogP contribution in [-0.2, 0) is 9.47 Å². The van der Waals surface area contributed by atoms with E-state index >= 15 is 0 Å². The normalized spacial score (nSPS) is 34.1. The lowest BCUT2D eigenvalue weighted by molar-refractivity contribution is -0.131. The topological polar surface area (TPSA) is 134 Å². The summed E-state index contributed by atoms with van der Waals surface area (Å²) in [5.41, 5.74) is 0. The molecule has 1 saturated carbocycles. The van der Waals surface area contributed by atoms with Crippen LogP contribution in [0.25, 0.3) is 0 Å². The molecule has 2 atom stereocenters. The summed E-state index contributed by atoms with van der Waals surface area (Å²) in [6.45, 7) is 0. The van der Waals surface area contributed by atoms with Crippen molar-refractivity contribution < 1.29 is 39.5 Å². The van der Waals surface area contributed by atoms with Crippen molar-refractivity contribution in [3.63, 3.8) is 0 Å². The van der Waals surface area contributed by atoms with Crippen molar-refractivity contribution >= 4 is 12.3 Å². The van der Waals surface area contributed by atoms with Gasteiger partial charge >= 0.3 is 12.3 Å². The molecule has 92 valence electrons. The highest BCUT2D eigenvalue weighted by atomic mass is 16.7. The van der Waals surface area contributed by atoms with E-state index in [4.69, 9.17) is 10.2 Å². The fraction of sp³-hybridized carbons (Fsp3) is 0.750. The van der Waals surface area contributed by atoms with Crippen molar-refractivity contribution in [2.45, 2.75) is 37.3 Å². The second kappa shape index (κ2) is 4.99. The largest absolute Gasteiger partial charge is 0.506 e. The Morgan fingerprint density at radius 3 is 1.62 bits per heavy atom. The molecule has 0 saturated heterocycles. The van der Waals surface area contributed by atoms with Gasteiger partial charge in [-0.1, -0.05) is 0 Å². The molecule has 0 amide bonds. The number of carbonyl (C=O) groups is 2. The highest BCUT2D eigenvalue weighted by Crippen LogP contribution is 2.25. The number of ether oxygens (including phenoxy) is 2. The van der Waals surface area contributed by atoms with E-state index in [0.29, 0.717) is 0 Å². The fourth-order valence-corrected chi connectivity index (χ4v) is 1.65. The third-order valence-electron chi connectivity index (χ3n) is 2.27. The first-order valence-corrected chi connectivity index (χ1v) is 4.55. The maximum absolute atomic E-state index is 10.3. The molecule has 1 aliphatic carbocycles. The summed E-state index contributed by atoms with van der Waals surface area (Å²) in [5, 5.41) is 35.6. The number of hydrogen-bond donors (Lipinski definition) is 4. The molecule has 8 nitrogen and oxygen atoms in total. The summed E-state index contributed by atoms with van der Waals surface area (Å²) < 4.78 is 8.64. The Kier molecular flexibility index (Phi) is 3.91. The standard InChI is InChI=1S/C8H12O8/c9-3-1-4(15-7(11)12)6(10)5(2-3)16-8(13)14/h3-6,9-10H,1-2H2,(H,11,12)(H,13,14). The lowest BCUT2D eigenvalue weighted by Gasteiger charge is -2.34. The van der Waals surface area contributed by atoms with Crippen LogP contribution in [-0.4, -0.2) is 57.2 Å². The van der Waals surface area contributed by atoms with Gasteiger partial charge in [-0.15, -0.1) is 0 Å². The van der Waals surface area contributed by atoms with E-state index in [1.807, 2.05) is 0 Å². The molecule has 0 bridgehead atoms. The summed E-state index contributed by atoms with van der Waals surface area (Å²) in [6.07, 6.45) is -8.15. The van der Waals surface area contributed by atoms with Crippen LogP contribution in [0, 0.1) is 0 Å². The van der Waals surface area contributed by atoms with E-state index in [-0.39, 0.29) is 12.8 Å². The zero-order valence-electron chi connectivity index (χ0n) is 8.15. The van der Waals surface area contributed by atoms with Gasteiger partial charge in [-0.3, -0.25) is 0 Å². The molecule has 2 unspecified atom stereocenters. The second-order valence-electron chi connectivity index (χ2n) is 3.46. The summed E-state index contributed by atoms with van der Waals surface area (Å²) in [4.78, 5) is 20.6. The number of carboxylic acid groups (broad SMARTS) is 2. The van der Waals surface area contributed by atoms with Crippen LogP contribution >= 0.6 is 0 Å². The zero-order valence-corrected chi connectivity index (χ0v) is 8.15. The molecule has 0 aromatic carbocycles. The van der Waals surface area contributed by atoms with Gasteiger partial charge in [-0.05, 0) is 0 Å². The predicted octanol–water partition coefficient (Wildman–Crippen LogP) is -0.372. The number of rotatable bonds is 2. The molecular weight excluding hydrogens is 224 g/mol. The Labute approximate surface area is 90.0 Å². The van der Waals surface area contributed by atoms with Crippen LogP contribution in [0.4, 0.5) is 9.59 Å². The lowest BCUT2D eigenvalue weighted by atomic mass is 9.89. The molecule has 4 N–H and O–H groups in total. The average Bonchev–Trinajstić information content (AvgIpc) is 2.11. The van der Waals surface area contributed by atoms with Crippen LogP contribution in [0.1, 0.15) is 12.8 Å². The van der Waals surface area contributed by atoms with Gasteiger partial charge in [0.25, 0.3) is 0 Å². The van der Waals surface area contributed by atoms with E-state index in [1.54, 1.807) is 0 Å². The minimum Gasteiger partial charge on any atom is -0.450 e. The third kappa shape index (κ3) is 3.24. The van der Waals surface area contributed by atoms with Crippen molar-refractivity contribution in [1.82, 2.24) is 0 Å². The molecule has 1 aliphatic rings. The van der Waals surface area contributed by atoms with Gasteiger partial charge in [0.2, 0.25) is 0 Å². The van der Waals surface area contributed by atoms with Crippen LogP contribution in [0.3, 0.4) is 0 Å². The molecule has 0 aliphatic heterocycles. The molecule has 0 aromatic rings. The second-order valence-corrected chi connectivity index (χ2v) is 3.46. The van der Waals surface area contributed by atoms with E-state index in [2.05, 4.69) is 9.47 Å². The van der Waals surface area contributed by atoms with Crippen LogP contribution < -0.4 is 0 Å². The van der Waals surface area contributed by atoms with Crippen LogP contribution in [0.15, 0.2) is 0 Å². The Morgan fingerprint density at radius 1 is 0.938 bits per heavy atom. The van der Waals surface area contributed by atoms with E-state index in [1.165, 1.54) is 0 Å². The maximum atomic E-state index is 10.3. The first kappa shape index (κ1) is 12.5. The Morgan fingerprint density at radius 2 is 1.31 bits per heavy atom. The van der Waals surface area contributed by atoms with Crippen molar-refractivity contribution in [2.75, 3.05) is 0 Å². The van der Waals surface area contributed by atoms with E-state index < -0.39 is 36.7 Å². The van der Waals surface area contributed by atoms with Gasteiger partial charge in [0.1, 0.15) is 18.3 Å². The summed E-state index contributed by atoms with van der Waals surface area (Å²) in [7, 11) is 0. The first-order valence-electron chi connectivity index (χ1n) is 4.55. The maximum Gasteiger partial charge on any atom is 0.506 e. The molecule has 1 rings (SSSR count). The molecular formula is C8H12O8. The average molecular weight is 236 g/mol. The predicted molar refractivity (Wildman–Crippen MR) is 47.0 cm³/mol. The third-order valence-corrected chi connectivity index (χ3v) is 2.27. The van der Waals surface area contributed by atoms with E-state index in [9.17, 15) is 19.8 Å².